The van der Waals surface area contributed by atoms with E-state index >= 15 is 0 Å². The Morgan fingerprint density at radius 3 is 2.47 bits per heavy atom. The van der Waals surface area contributed by atoms with Crippen molar-refractivity contribution >= 4 is 12.0 Å². The van der Waals surface area contributed by atoms with E-state index in [4.69, 9.17) is 9.47 Å². The number of carbonyl (C=O) groups is 1. The summed E-state index contributed by atoms with van der Waals surface area (Å²) < 4.78 is 10.8. The zero-order valence-corrected chi connectivity index (χ0v) is 17.3. The molecule has 30 heavy (non-hydrogen) atoms. The van der Waals surface area contributed by atoms with Gasteiger partial charge in [0.2, 0.25) is 0 Å². The Morgan fingerprint density at radius 2 is 1.77 bits per heavy atom. The molecule has 5 heteroatoms. The van der Waals surface area contributed by atoms with Crippen molar-refractivity contribution in [3.05, 3.63) is 71.8 Å². The minimum atomic E-state index is -0.466. The van der Waals surface area contributed by atoms with Gasteiger partial charge in [0.15, 0.2) is 0 Å². The minimum absolute atomic E-state index is 0.213. The highest BCUT2D eigenvalue weighted by molar-refractivity contribution is 5.89. The first-order valence-corrected chi connectivity index (χ1v) is 10.6. The van der Waals surface area contributed by atoms with Gasteiger partial charge in [0, 0.05) is 19.6 Å². The molecule has 0 aromatic heterocycles. The number of aliphatic hydroxyl groups excluding tert-OH is 1. The maximum Gasteiger partial charge on any atom is 0.337 e. The van der Waals surface area contributed by atoms with Gasteiger partial charge >= 0.3 is 5.97 Å². The Morgan fingerprint density at radius 1 is 1.07 bits per heavy atom. The van der Waals surface area contributed by atoms with Gasteiger partial charge in [-0.05, 0) is 54.5 Å². The van der Waals surface area contributed by atoms with E-state index in [1.165, 1.54) is 12.7 Å². The zero-order chi connectivity index (χ0) is 20.9. The number of esters is 1. The summed E-state index contributed by atoms with van der Waals surface area (Å²) in [6.07, 6.45) is 5.33. The molecule has 1 aliphatic heterocycles. The second-order valence-corrected chi connectivity index (χ2v) is 8.26. The molecule has 5 nitrogen and oxygen atoms in total. The summed E-state index contributed by atoms with van der Waals surface area (Å²) in [5.41, 5.74) is 1.71. The molecule has 158 valence electrons. The first-order chi connectivity index (χ1) is 14.6. The van der Waals surface area contributed by atoms with Crippen molar-refractivity contribution in [3.8, 4) is 5.75 Å². The number of fused-ring (bicyclic) bond motifs is 1. The van der Waals surface area contributed by atoms with Crippen LogP contribution in [0.5, 0.6) is 5.75 Å². The average molecular weight is 408 g/mol. The van der Waals surface area contributed by atoms with Crippen LogP contribution in [0.3, 0.4) is 0 Å². The first-order valence-electron chi connectivity index (χ1n) is 10.6. The van der Waals surface area contributed by atoms with Crippen molar-refractivity contribution in [1.82, 2.24) is 4.90 Å². The summed E-state index contributed by atoms with van der Waals surface area (Å²) >= 11 is 0. The van der Waals surface area contributed by atoms with E-state index in [1.54, 1.807) is 24.3 Å². The predicted molar refractivity (Wildman–Crippen MR) is 116 cm³/mol. The number of nitrogens with zero attached hydrogens (tertiary/aromatic N) is 1. The number of rotatable bonds is 6. The van der Waals surface area contributed by atoms with Crippen LogP contribution in [0, 0.1) is 11.8 Å². The van der Waals surface area contributed by atoms with Crippen molar-refractivity contribution in [2.45, 2.75) is 25.0 Å². The van der Waals surface area contributed by atoms with Crippen LogP contribution in [0.1, 0.15) is 28.8 Å². The van der Waals surface area contributed by atoms with E-state index in [-0.39, 0.29) is 12.1 Å². The van der Waals surface area contributed by atoms with E-state index < -0.39 is 6.10 Å². The molecular formula is C25H29NO4. The number of hydrogen-bond acceptors (Lipinski definition) is 5. The molecule has 4 atom stereocenters. The molecule has 1 saturated carbocycles. The molecule has 1 saturated heterocycles. The van der Waals surface area contributed by atoms with Gasteiger partial charge in [0.25, 0.3) is 0 Å². The third-order valence-electron chi connectivity index (χ3n) is 6.20. The van der Waals surface area contributed by atoms with E-state index in [2.05, 4.69) is 41.3 Å². The fourth-order valence-electron chi connectivity index (χ4n) is 4.63. The highest BCUT2D eigenvalue weighted by Gasteiger charge is 2.42. The second-order valence-electron chi connectivity index (χ2n) is 8.26. The molecule has 4 rings (SSSR count). The lowest BCUT2D eigenvalue weighted by atomic mass is 9.78. The highest BCUT2D eigenvalue weighted by atomic mass is 16.5. The summed E-state index contributed by atoms with van der Waals surface area (Å²) in [6, 6.07) is 17.3. The zero-order valence-electron chi connectivity index (χ0n) is 17.3. The van der Waals surface area contributed by atoms with Crippen molar-refractivity contribution in [2.24, 2.45) is 11.8 Å². The van der Waals surface area contributed by atoms with Gasteiger partial charge in [0.1, 0.15) is 11.9 Å². The molecule has 0 amide bonds. The van der Waals surface area contributed by atoms with Crippen LogP contribution in [0.2, 0.25) is 0 Å². The Hall–Kier alpha value is -2.63. The summed E-state index contributed by atoms with van der Waals surface area (Å²) in [5.74, 6) is 1.37. The molecule has 0 unspecified atom stereocenters. The number of ether oxygens (including phenoxy) is 2. The van der Waals surface area contributed by atoms with Crippen molar-refractivity contribution in [2.75, 3.05) is 26.7 Å². The van der Waals surface area contributed by atoms with Crippen molar-refractivity contribution < 1.29 is 19.4 Å². The minimum Gasteiger partial charge on any atom is -0.488 e. The number of methoxy groups -OCH3 is 1. The fourth-order valence-corrected chi connectivity index (χ4v) is 4.63. The number of likely N-dealkylation sites (tertiary alicyclic amines) is 1. The van der Waals surface area contributed by atoms with E-state index in [9.17, 15) is 9.90 Å². The average Bonchev–Trinajstić information content (AvgIpc) is 3.16. The lowest BCUT2D eigenvalue weighted by Crippen LogP contribution is -2.42. The largest absolute Gasteiger partial charge is 0.488 e. The fraction of sp³-hybridized carbons (Fsp3) is 0.400. The molecule has 1 heterocycles. The Kier molecular flexibility index (Phi) is 6.50. The van der Waals surface area contributed by atoms with E-state index in [1.807, 2.05) is 6.07 Å². The Bertz CT molecular complexity index is 864. The maximum atomic E-state index is 11.6. The van der Waals surface area contributed by atoms with Crippen LogP contribution in [-0.4, -0.2) is 54.9 Å². The normalized spacial score (nSPS) is 26.5. The predicted octanol–water partition coefficient (Wildman–Crippen LogP) is 3.64. The summed E-state index contributed by atoms with van der Waals surface area (Å²) in [6.45, 7) is 3.00. The van der Waals surface area contributed by atoms with Crippen LogP contribution in [0.15, 0.2) is 60.7 Å². The van der Waals surface area contributed by atoms with Gasteiger partial charge < -0.3 is 14.6 Å². The molecule has 2 aromatic rings. The highest BCUT2D eigenvalue weighted by Crippen LogP contribution is 2.38. The SMILES string of the molecule is COC(=O)c1ccc(O[C@H]2C[C@@H]3CN(C/C=C/c4ccccc4)C[C@@H]3C[C@@H]2O)cc1. The maximum absolute atomic E-state index is 11.6. The summed E-state index contributed by atoms with van der Waals surface area (Å²) in [5, 5.41) is 10.6. The molecule has 0 bridgehead atoms. The standard InChI is InChI=1S/C25H29NO4/c1-29-25(28)19-9-11-22(12-10-19)30-24-15-21-17-26(16-20(21)14-23(24)27)13-5-8-18-6-3-2-4-7-18/h2-12,20-21,23-24,27H,13-17H2,1H3/b8-5+/t20-,21+,23-,24-/m0/s1. The van der Waals surface area contributed by atoms with Crippen molar-refractivity contribution in [1.29, 1.82) is 0 Å². The van der Waals surface area contributed by atoms with Crippen LogP contribution < -0.4 is 4.74 Å². The van der Waals surface area contributed by atoms with E-state index in [0.717, 1.165) is 32.5 Å². The van der Waals surface area contributed by atoms with Crippen LogP contribution in [0.25, 0.3) is 6.08 Å². The summed E-state index contributed by atoms with van der Waals surface area (Å²) in [4.78, 5) is 14.0. The van der Waals surface area contributed by atoms with Crippen LogP contribution in [0.4, 0.5) is 0 Å². The third-order valence-corrected chi connectivity index (χ3v) is 6.20. The lowest BCUT2D eigenvalue weighted by molar-refractivity contribution is -0.0231. The summed E-state index contributed by atoms with van der Waals surface area (Å²) in [7, 11) is 1.36. The number of carbonyl (C=O) groups excluding carboxylic acids is 1. The molecule has 2 aromatic carbocycles. The van der Waals surface area contributed by atoms with Crippen LogP contribution in [-0.2, 0) is 4.74 Å². The van der Waals surface area contributed by atoms with Gasteiger partial charge in [-0.15, -0.1) is 0 Å². The molecule has 1 aliphatic carbocycles. The molecule has 2 aliphatic rings. The molecule has 0 radical (unpaired) electrons. The van der Waals surface area contributed by atoms with Crippen molar-refractivity contribution in [3.63, 3.8) is 0 Å². The second kappa shape index (κ2) is 9.45. The molecule has 1 N–H and O–H groups in total. The monoisotopic (exact) mass is 407 g/mol. The van der Waals surface area contributed by atoms with Gasteiger partial charge in [0.05, 0.1) is 18.8 Å². The Balaban J connectivity index is 1.31. The topological polar surface area (TPSA) is 59.0 Å². The quantitative estimate of drug-likeness (QED) is 0.741. The molecular weight excluding hydrogens is 378 g/mol. The van der Waals surface area contributed by atoms with Gasteiger partial charge in [-0.1, -0.05) is 42.5 Å². The molecule has 2 fully saturated rings. The number of aliphatic hydroxyl groups is 1. The number of hydrogen-bond donors (Lipinski definition) is 1. The third kappa shape index (κ3) is 4.91. The van der Waals surface area contributed by atoms with Gasteiger partial charge in [-0.2, -0.15) is 0 Å². The Labute approximate surface area is 177 Å². The van der Waals surface area contributed by atoms with E-state index in [0.29, 0.717) is 23.1 Å². The molecule has 0 spiro atoms. The smallest absolute Gasteiger partial charge is 0.337 e. The lowest BCUT2D eigenvalue weighted by Gasteiger charge is -2.35. The first kappa shape index (κ1) is 20.6. The van der Waals surface area contributed by atoms with Crippen LogP contribution >= 0.6 is 0 Å². The number of benzene rings is 2. The van der Waals surface area contributed by atoms with Gasteiger partial charge in [-0.25, -0.2) is 4.79 Å². The van der Waals surface area contributed by atoms with Gasteiger partial charge in [-0.3, -0.25) is 4.90 Å².